The van der Waals surface area contributed by atoms with Crippen LogP contribution in [-0.2, 0) is 16.0 Å². The highest BCUT2D eigenvalue weighted by atomic mass is 16.5. The van der Waals surface area contributed by atoms with Crippen molar-refractivity contribution in [3.8, 4) is 0 Å². The molecule has 0 saturated heterocycles. The normalized spacial score (nSPS) is 12.1. The Morgan fingerprint density at radius 3 is 2.82 bits per heavy atom. The Labute approximate surface area is 99.0 Å². The molecular formula is C11H16N2O4. The van der Waals surface area contributed by atoms with Crippen LogP contribution in [0.1, 0.15) is 31.2 Å². The van der Waals surface area contributed by atoms with Gasteiger partial charge in [0.1, 0.15) is 5.76 Å². The van der Waals surface area contributed by atoms with E-state index in [0.29, 0.717) is 17.9 Å². The topological polar surface area (TPSA) is 92.4 Å². The number of aromatic nitrogens is 1. The van der Waals surface area contributed by atoms with Crippen molar-refractivity contribution in [1.29, 1.82) is 0 Å². The second-order valence-electron chi connectivity index (χ2n) is 4.01. The molecule has 0 fully saturated rings. The number of carbonyl (C=O) groups excluding carboxylic acids is 1. The van der Waals surface area contributed by atoms with Gasteiger partial charge in [-0.3, -0.25) is 9.59 Å². The number of carbonyl (C=O) groups is 2. The van der Waals surface area contributed by atoms with Crippen LogP contribution in [0, 0.1) is 6.92 Å². The highest BCUT2D eigenvalue weighted by Gasteiger charge is 2.11. The summed E-state index contributed by atoms with van der Waals surface area (Å²) in [6.07, 6.45) is 0.609. The molecule has 1 atom stereocenters. The SMILES string of the molecule is Cc1cc(CC(=O)NC(C)CCC(=O)O)no1. The Morgan fingerprint density at radius 2 is 2.29 bits per heavy atom. The van der Waals surface area contributed by atoms with Gasteiger partial charge in [0.2, 0.25) is 5.91 Å². The molecule has 6 nitrogen and oxygen atoms in total. The van der Waals surface area contributed by atoms with Gasteiger partial charge in [-0.2, -0.15) is 0 Å². The molecule has 94 valence electrons. The average molecular weight is 240 g/mol. The van der Waals surface area contributed by atoms with E-state index >= 15 is 0 Å². The zero-order valence-corrected chi connectivity index (χ0v) is 9.90. The van der Waals surface area contributed by atoms with Gasteiger partial charge in [-0.15, -0.1) is 0 Å². The molecule has 17 heavy (non-hydrogen) atoms. The van der Waals surface area contributed by atoms with Crippen molar-refractivity contribution >= 4 is 11.9 Å². The quantitative estimate of drug-likeness (QED) is 0.770. The van der Waals surface area contributed by atoms with Gasteiger partial charge in [0, 0.05) is 18.5 Å². The third-order valence-electron chi connectivity index (χ3n) is 2.22. The Hall–Kier alpha value is -1.85. The summed E-state index contributed by atoms with van der Waals surface area (Å²) in [5.74, 6) is -0.388. The number of carboxylic acids is 1. The first-order chi connectivity index (χ1) is 7.97. The maximum absolute atomic E-state index is 11.5. The van der Waals surface area contributed by atoms with E-state index in [1.54, 1.807) is 19.9 Å². The van der Waals surface area contributed by atoms with E-state index in [2.05, 4.69) is 10.5 Å². The van der Waals surface area contributed by atoms with E-state index in [0.717, 1.165) is 0 Å². The van der Waals surface area contributed by atoms with Crippen LogP contribution in [0.2, 0.25) is 0 Å². The number of hydrogen-bond donors (Lipinski definition) is 2. The summed E-state index contributed by atoms with van der Waals surface area (Å²) in [4.78, 5) is 21.9. The minimum atomic E-state index is -0.863. The number of aryl methyl sites for hydroxylation is 1. The summed E-state index contributed by atoms with van der Waals surface area (Å²) in [5.41, 5.74) is 0.574. The number of hydrogen-bond acceptors (Lipinski definition) is 4. The molecule has 0 aromatic carbocycles. The van der Waals surface area contributed by atoms with Crippen LogP contribution in [0.3, 0.4) is 0 Å². The molecule has 1 heterocycles. The lowest BCUT2D eigenvalue weighted by atomic mass is 10.1. The predicted octanol–water partition coefficient (Wildman–Crippen LogP) is 0.895. The Morgan fingerprint density at radius 1 is 1.59 bits per heavy atom. The molecule has 1 aromatic rings. The predicted molar refractivity (Wildman–Crippen MR) is 59.4 cm³/mol. The minimum Gasteiger partial charge on any atom is -0.481 e. The summed E-state index contributed by atoms with van der Waals surface area (Å²) in [6.45, 7) is 3.53. The molecule has 1 unspecified atom stereocenters. The van der Waals surface area contributed by atoms with Gasteiger partial charge in [-0.1, -0.05) is 5.16 Å². The van der Waals surface area contributed by atoms with E-state index in [4.69, 9.17) is 9.63 Å². The van der Waals surface area contributed by atoms with Crippen LogP contribution in [-0.4, -0.2) is 28.2 Å². The number of aliphatic carboxylic acids is 1. The lowest BCUT2D eigenvalue weighted by Crippen LogP contribution is -2.34. The number of nitrogens with zero attached hydrogens (tertiary/aromatic N) is 1. The van der Waals surface area contributed by atoms with Gasteiger partial charge in [0.25, 0.3) is 0 Å². The second-order valence-corrected chi connectivity index (χ2v) is 4.01. The molecule has 0 spiro atoms. The molecule has 1 aromatic heterocycles. The maximum atomic E-state index is 11.5. The van der Waals surface area contributed by atoms with Crippen molar-refractivity contribution < 1.29 is 19.2 Å². The first-order valence-corrected chi connectivity index (χ1v) is 5.40. The van der Waals surface area contributed by atoms with Crippen LogP contribution in [0.4, 0.5) is 0 Å². The van der Waals surface area contributed by atoms with Crippen LogP contribution >= 0.6 is 0 Å². The van der Waals surface area contributed by atoms with Crippen molar-refractivity contribution in [3.05, 3.63) is 17.5 Å². The Bertz CT molecular complexity index is 400. The van der Waals surface area contributed by atoms with E-state index in [9.17, 15) is 9.59 Å². The van der Waals surface area contributed by atoms with Crippen LogP contribution < -0.4 is 5.32 Å². The molecule has 0 bridgehead atoms. The number of rotatable bonds is 6. The van der Waals surface area contributed by atoms with Crippen LogP contribution in [0.5, 0.6) is 0 Å². The van der Waals surface area contributed by atoms with Gasteiger partial charge in [-0.05, 0) is 20.3 Å². The summed E-state index contributed by atoms with van der Waals surface area (Å²) in [5, 5.41) is 14.9. The highest BCUT2D eigenvalue weighted by molar-refractivity contribution is 5.78. The maximum Gasteiger partial charge on any atom is 0.303 e. The summed E-state index contributed by atoms with van der Waals surface area (Å²) < 4.78 is 4.84. The van der Waals surface area contributed by atoms with Gasteiger partial charge < -0.3 is 14.9 Å². The molecule has 0 aliphatic carbocycles. The Kier molecular flexibility index (Phi) is 4.68. The van der Waals surface area contributed by atoms with E-state index in [1.807, 2.05) is 0 Å². The van der Waals surface area contributed by atoms with E-state index < -0.39 is 5.97 Å². The standard InChI is InChI=1S/C11H16N2O4/c1-7(3-4-11(15)16)12-10(14)6-9-5-8(2)17-13-9/h5,7H,3-4,6H2,1-2H3,(H,12,14)(H,15,16). The number of amides is 1. The zero-order chi connectivity index (χ0) is 12.8. The number of carboxylic acid groups (broad SMARTS) is 1. The summed E-state index contributed by atoms with van der Waals surface area (Å²) >= 11 is 0. The van der Waals surface area contributed by atoms with Crippen molar-refractivity contribution in [3.63, 3.8) is 0 Å². The van der Waals surface area contributed by atoms with Gasteiger partial charge >= 0.3 is 5.97 Å². The smallest absolute Gasteiger partial charge is 0.303 e. The molecule has 1 rings (SSSR count). The molecular weight excluding hydrogens is 224 g/mol. The first kappa shape index (κ1) is 13.2. The fourth-order valence-electron chi connectivity index (χ4n) is 1.40. The third-order valence-corrected chi connectivity index (χ3v) is 2.22. The average Bonchev–Trinajstić information content (AvgIpc) is 2.60. The van der Waals surface area contributed by atoms with E-state index in [-0.39, 0.29) is 24.8 Å². The molecule has 0 saturated carbocycles. The molecule has 0 radical (unpaired) electrons. The largest absolute Gasteiger partial charge is 0.481 e. The van der Waals surface area contributed by atoms with Gasteiger partial charge in [0.05, 0.1) is 12.1 Å². The van der Waals surface area contributed by atoms with E-state index in [1.165, 1.54) is 0 Å². The molecule has 6 heteroatoms. The highest BCUT2D eigenvalue weighted by Crippen LogP contribution is 2.03. The fraction of sp³-hybridized carbons (Fsp3) is 0.545. The minimum absolute atomic E-state index is 0.0461. The molecule has 0 aliphatic rings. The molecule has 1 amide bonds. The van der Waals surface area contributed by atoms with Crippen LogP contribution in [0.15, 0.2) is 10.6 Å². The van der Waals surface area contributed by atoms with Crippen molar-refractivity contribution in [1.82, 2.24) is 10.5 Å². The van der Waals surface area contributed by atoms with Crippen molar-refractivity contribution in [2.75, 3.05) is 0 Å². The van der Waals surface area contributed by atoms with Crippen LogP contribution in [0.25, 0.3) is 0 Å². The van der Waals surface area contributed by atoms with Crippen molar-refractivity contribution in [2.45, 2.75) is 39.2 Å². The number of nitrogens with one attached hydrogen (secondary N) is 1. The monoisotopic (exact) mass is 240 g/mol. The van der Waals surface area contributed by atoms with Crippen molar-refractivity contribution in [2.24, 2.45) is 0 Å². The molecule has 0 aliphatic heterocycles. The first-order valence-electron chi connectivity index (χ1n) is 5.40. The van der Waals surface area contributed by atoms with Gasteiger partial charge in [-0.25, -0.2) is 0 Å². The molecule has 2 N–H and O–H groups in total. The fourth-order valence-corrected chi connectivity index (χ4v) is 1.40. The second kappa shape index (κ2) is 6.03. The lowest BCUT2D eigenvalue weighted by Gasteiger charge is -2.11. The van der Waals surface area contributed by atoms with Gasteiger partial charge in [0.15, 0.2) is 0 Å². The Balaban J connectivity index is 2.31. The zero-order valence-electron chi connectivity index (χ0n) is 9.90. The summed E-state index contributed by atoms with van der Waals surface area (Å²) in [6, 6.07) is 1.54. The lowest BCUT2D eigenvalue weighted by molar-refractivity contribution is -0.137. The third kappa shape index (κ3) is 5.14. The summed E-state index contributed by atoms with van der Waals surface area (Å²) in [7, 11) is 0.